The second-order valence-corrected chi connectivity index (χ2v) is 3.91. The summed E-state index contributed by atoms with van der Waals surface area (Å²) in [5.74, 6) is 0. The van der Waals surface area contributed by atoms with Crippen molar-refractivity contribution in [2.45, 2.75) is 32.2 Å². The molecule has 1 unspecified atom stereocenters. The number of hydrogen-bond donors (Lipinski definition) is 1. The van der Waals surface area contributed by atoms with Crippen molar-refractivity contribution in [1.29, 1.82) is 0 Å². The van der Waals surface area contributed by atoms with Crippen molar-refractivity contribution in [2.75, 3.05) is 32.9 Å². The van der Waals surface area contributed by atoms with Gasteiger partial charge in [-0.25, -0.2) is 0 Å². The molecule has 1 aliphatic heterocycles. The van der Waals surface area contributed by atoms with Crippen LogP contribution in [0.4, 0.5) is 4.39 Å². The summed E-state index contributed by atoms with van der Waals surface area (Å²) < 4.78 is 11.8. The molecule has 1 atom stereocenters. The van der Waals surface area contributed by atoms with E-state index in [2.05, 4.69) is 17.1 Å². The van der Waals surface area contributed by atoms with Crippen molar-refractivity contribution < 1.29 is 4.39 Å². The summed E-state index contributed by atoms with van der Waals surface area (Å²) in [6.07, 6.45) is 3.33. The zero-order valence-electron chi connectivity index (χ0n) is 8.56. The molecule has 13 heavy (non-hydrogen) atoms. The van der Waals surface area contributed by atoms with Crippen molar-refractivity contribution >= 4 is 0 Å². The third-order valence-electron chi connectivity index (χ3n) is 2.53. The smallest absolute Gasteiger partial charge is 0.0906 e. The fourth-order valence-electron chi connectivity index (χ4n) is 1.83. The van der Waals surface area contributed by atoms with Crippen LogP contribution >= 0.6 is 0 Å². The molecule has 1 aliphatic rings. The van der Waals surface area contributed by atoms with E-state index in [1.807, 2.05) is 0 Å². The first-order chi connectivity index (χ1) is 6.33. The Hall–Kier alpha value is -0.150. The molecular formula is C10H21FN2. The second kappa shape index (κ2) is 6.33. The highest BCUT2D eigenvalue weighted by Crippen LogP contribution is 2.07. The highest BCUT2D eigenvalue weighted by Gasteiger charge is 2.13. The topological polar surface area (TPSA) is 15.3 Å². The van der Waals surface area contributed by atoms with Gasteiger partial charge in [-0.2, -0.15) is 0 Å². The maximum Gasteiger partial charge on any atom is 0.0906 e. The van der Waals surface area contributed by atoms with E-state index in [0.29, 0.717) is 12.5 Å². The molecule has 2 nitrogen and oxygen atoms in total. The van der Waals surface area contributed by atoms with Crippen LogP contribution in [0.25, 0.3) is 0 Å². The number of nitrogens with zero attached hydrogens (tertiary/aromatic N) is 1. The van der Waals surface area contributed by atoms with E-state index < -0.39 is 0 Å². The van der Waals surface area contributed by atoms with Gasteiger partial charge in [0.2, 0.25) is 0 Å². The molecule has 0 aromatic rings. The van der Waals surface area contributed by atoms with Crippen LogP contribution in [0.2, 0.25) is 0 Å². The molecule has 0 aromatic carbocycles. The standard InChI is InChI=1S/C10H21FN2/c1-10(12-6-4-5-11)9-13-7-2-3-8-13/h10,12H,2-9H2,1H3. The van der Waals surface area contributed by atoms with Crippen LogP contribution in [-0.2, 0) is 0 Å². The minimum atomic E-state index is -0.205. The molecule has 1 fully saturated rings. The molecule has 0 spiro atoms. The lowest BCUT2D eigenvalue weighted by Gasteiger charge is -2.20. The molecule has 0 bridgehead atoms. The van der Waals surface area contributed by atoms with E-state index in [0.717, 1.165) is 13.1 Å². The van der Waals surface area contributed by atoms with E-state index in [9.17, 15) is 4.39 Å². The van der Waals surface area contributed by atoms with Crippen molar-refractivity contribution in [3.05, 3.63) is 0 Å². The van der Waals surface area contributed by atoms with E-state index >= 15 is 0 Å². The molecule has 0 aromatic heterocycles. The maximum absolute atomic E-state index is 11.8. The van der Waals surface area contributed by atoms with Crippen LogP contribution in [0.3, 0.4) is 0 Å². The average molecular weight is 188 g/mol. The van der Waals surface area contributed by atoms with Gasteiger partial charge in [0.1, 0.15) is 0 Å². The Morgan fingerprint density at radius 1 is 1.38 bits per heavy atom. The van der Waals surface area contributed by atoms with Crippen molar-refractivity contribution in [2.24, 2.45) is 0 Å². The van der Waals surface area contributed by atoms with E-state index in [1.165, 1.54) is 25.9 Å². The fourth-order valence-corrected chi connectivity index (χ4v) is 1.83. The SMILES string of the molecule is CC(CN1CCCC1)NCCCF. The Bertz CT molecular complexity index is 124. The predicted octanol–water partition coefficient (Wildman–Crippen LogP) is 1.42. The highest BCUT2D eigenvalue weighted by molar-refractivity contribution is 4.72. The number of rotatable bonds is 6. The normalized spacial score (nSPS) is 20.8. The lowest BCUT2D eigenvalue weighted by molar-refractivity contribution is 0.296. The number of hydrogen-bond acceptors (Lipinski definition) is 2. The highest BCUT2D eigenvalue weighted by atomic mass is 19.1. The fraction of sp³-hybridized carbons (Fsp3) is 1.00. The number of nitrogens with one attached hydrogen (secondary N) is 1. The summed E-state index contributed by atoms with van der Waals surface area (Å²) in [6, 6.07) is 0.504. The van der Waals surface area contributed by atoms with Gasteiger partial charge in [-0.1, -0.05) is 0 Å². The zero-order valence-corrected chi connectivity index (χ0v) is 8.56. The molecule has 1 rings (SSSR count). The van der Waals surface area contributed by atoms with Crippen LogP contribution in [0.15, 0.2) is 0 Å². The number of alkyl halides is 1. The van der Waals surface area contributed by atoms with Gasteiger partial charge in [-0.15, -0.1) is 0 Å². The van der Waals surface area contributed by atoms with E-state index in [1.54, 1.807) is 0 Å². The first-order valence-corrected chi connectivity index (χ1v) is 5.34. The molecule has 0 amide bonds. The summed E-state index contributed by atoms with van der Waals surface area (Å²) in [7, 11) is 0. The van der Waals surface area contributed by atoms with E-state index in [4.69, 9.17) is 0 Å². The molecule has 0 radical (unpaired) electrons. The minimum Gasteiger partial charge on any atom is -0.313 e. The zero-order chi connectivity index (χ0) is 9.52. The van der Waals surface area contributed by atoms with Gasteiger partial charge in [-0.3, -0.25) is 4.39 Å². The first-order valence-electron chi connectivity index (χ1n) is 5.34. The quantitative estimate of drug-likeness (QED) is 0.634. The predicted molar refractivity (Wildman–Crippen MR) is 53.7 cm³/mol. The molecule has 1 saturated heterocycles. The second-order valence-electron chi connectivity index (χ2n) is 3.91. The largest absolute Gasteiger partial charge is 0.313 e. The van der Waals surface area contributed by atoms with E-state index in [-0.39, 0.29) is 6.67 Å². The average Bonchev–Trinajstić information content (AvgIpc) is 2.57. The van der Waals surface area contributed by atoms with Gasteiger partial charge >= 0.3 is 0 Å². The van der Waals surface area contributed by atoms with Gasteiger partial charge in [0.05, 0.1) is 6.67 Å². The summed E-state index contributed by atoms with van der Waals surface area (Å²) in [5.41, 5.74) is 0. The number of halogens is 1. The van der Waals surface area contributed by atoms with Crippen molar-refractivity contribution in [3.8, 4) is 0 Å². The minimum absolute atomic E-state index is 0.205. The maximum atomic E-state index is 11.8. The first kappa shape index (κ1) is 10.9. The Morgan fingerprint density at radius 2 is 2.08 bits per heavy atom. The van der Waals surface area contributed by atoms with Gasteiger partial charge in [0.25, 0.3) is 0 Å². The summed E-state index contributed by atoms with van der Waals surface area (Å²) in [4.78, 5) is 2.48. The van der Waals surface area contributed by atoms with Crippen molar-refractivity contribution in [3.63, 3.8) is 0 Å². The molecule has 0 aliphatic carbocycles. The molecule has 1 heterocycles. The Labute approximate surface area is 80.5 Å². The Morgan fingerprint density at radius 3 is 2.69 bits per heavy atom. The molecule has 1 N–H and O–H groups in total. The van der Waals surface area contributed by atoms with Gasteiger partial charge < -0.3 is 10.2 Å². The van der Waals surface area contributed by atoms with Crippen LogP contribution in [0.1, 0.15) is 26.2 Å². The molecule has 3 heteroatoms. The molecule has 0 saturated carbocycles. The third kappa shape index (κ3) is 4.58. The number of likely N-dealkylation sites (tertiary alicyclic amines) is 1. The lowest BCUT2D eigenvalue weighted by Crippen LogP contribution is -2.38. The van der Waals surface area contributed by atoms with Gasteiger partial charge in [0.15, 0.2) is 0 Å². The molecular weight excluding hydrogens is 167 g/mol. The Kier molecular flexibility index (Phi) is 5.32. The van der Waals surface area contributed by atoms with Gasteiger partial charge in [0, 0.05) is 12.6 Å². The Balaban J connectivity index is 1.99. The lowest BCUT2D eigenvalue weighted by atomic mass is 10.3. The van der Waals surface area contributed by atoms with Crippen LogP contribution in [-0.4, -0.2) is 43.8 Å². The van der Waals surface area contributed by atoms with Gasteiger partial charge in [-0.05, 0) is 45.8 Å². The summed E-state index contributed by atoms with van der Waals surface area (Å²) >= 11 is 0. The third-order valence-corrected chi connectivity index (χ3v) is 2.53. The summed E-state index contributed by atoms with van der Waals surface area (Å²) in [5, 5.41) is 3.33. The molecule has 78 valence electrons. The van der Waals surface area contributed by atoms with Crippen LogP contribution in [0, 0.1) is 0 Å². The van der Waals surface area contributed by atoms with Crippen molar-refractivity contribution in [1.82, 2.24) is 10.2 Å². The monoisotopic (exact) mass is 188 g/mol. The van der Waals surface area contributed by atoms with Crippen LogP contribution < -0.4 is 5.32 Å². The van der Waals surface area contributed by atoms with Crippen LogP contribution in [0.5, 0.6) is 0 Å². The summed E-state index contributed by atoms with van der Waals surface area (Å²) in [6.45, 7) is 6.39.